The van der Waals surface area contributed by atoms with Gasteiger partial charge in [0, 0.05) is 30.8 Å². The quantitative estimate of drug-likeness (QED) is 0.526. The number of aromatic amines is 1. The number of rotatable bonds is 6. The number of hydrogen-bond acceptors (Lipinski definition) is 5. The summed E-state index contributed by atoms with van der Waals surface area (Å²) in [5.74, 6) is 0.606. The Morgan fingerprint density at radius 2 is 2.11 bits per heavy atom. The summed E-state index contributed by atoms with van der Waals surface area (Å²) in [5.41, 5.74) is 8.13. The van der Waals surface area contributed by atoms with E-state index < -0.39 is 0 Å². The molecule has 0 radical (unpaired) electrons. The number of nitrogens with two attached hydrogens (primary N) is 1. The fourth-order valence-corrected chi connectivity index (χ4v) is 3.93. The molecular weight excluding hydrogens is 352 g/mol. The van der Waals surface area contributed by atoms with Crippen molar-refractivity contribution in [3.8, 4) is 0 Å². The minimum absolute atomic E-state index is 0.118. The van der Waals surface area contributed by atoms with E-state index in [1.807, 2.05) is 35.0 Å². The molecule has 0 unspecified atom stereocenters. The van der Waals surface area contributed by atoms with Crippen LogP contribution in [0, 0.1) is 0 Å². The van der Waals surface area contributed by atoms with Crippen molar-refractivity contribution in [1.29, 1.82) is 0 Å². The van der Waals surface area contributed by atoms with Crippen LogP contribution >= 0.6 is 0 Å². The van der Waals surface area contributed by atoms with Gasteiger partial charge in [-0.15, -0.1) is 0 Å². The number of nitrogens with zero attached hydrogens (tertiary/aromatic N) is 2. The third kappa shape index (κ3) is 3.74. The fourth-order valence-electron chi connectivity index (χ4n) is 3.93. The van der Waals surface area contributed by atoms with Crippen LogP contribution in [-0.2, 0) is 6.54 Å². The zero-order valence-electron chi connectivity index (χ0n) is 15.8. The molecule has 146 valence electrons. The van der Waals surface area contributed by atoms with E-state index in [2.05, 4.69) is 15.6 Å². The smallest absolute Gasteiger partial charge is 0.261 e. The lowest BCUT2D eigenvalue weighted by Crippen LogP contribution is -2.14. The first-order valence-electron chi connectivity index (χ1n) is 9.82. The van der Waals surface area contributed by atoms with Gasteiger partial charge in [0.05, 0.1) is 11.6 Å². The summed E-state index contributed by atoms with van der Waals surface area (Å²) in [6, 6.07) is 10.3. The van der Waals surface area contributed by atoms with Gasteiger partial charge in [-0.05, 0) is 36.6 Å². The first-order chi connectivity index (χ1) is 13.8. The van der Waals surface area contributed by atoms with Crippen molar-refractivity contribution < 1.29 is 0 Å². The monoisotopic (exact) mass is 378 g/mol. The van der Waals surface area contributed by atoms with Gasteiger partial charge in [0.2, 0.25) is 0 Å². The number of H-pyrrole nitrogens is 1. The number of hydrogen-bond donors (Lipinski definition) is 4. The molecule has 0 aliphatic heterocycles. The van der Waals surface area contributed by atoms with Crippen LogP contribution in [0.2, 0.25) is 0 Å². The maximum atomic E-state index is 12.5. The van der Waals surface area contributed by atoms with Crippen molar-refractivity contribution in [2.24, 2.45) is 5.73 Å². The maximum Gasteiger partial charge on any atom is 0.261 e. The number of anilines is 2. The molecule has 0 amide bonds. The Kier molecular flexibility index (Phi) is 5.32. The van der Waals surface area contributed by atoms with Crippen molar-refractivity contribution in [1.82, 2.24) is 20.1 Å². The zero-order valence-corrected chi connectivity index (χ0v) is 15.8. The lowest BCUT2D eigenvalue weighted by atomic mass is 9.95. The van der Waals surface area contributed by atoms with Gasteiger partial charge < -0.3 is 21.4 Å². The highest BCUT2D eigenvalue weighted by atomic mass is 16.1. The third-order valence-corrected chi connectivity index (χ3v) is 5.26. The van der Waals surface area contributed by atoms with E-state index in [1.165, 1.54) is 25.5 Å². The molecule has 7 heteroatoms. The van der Waals surface area contributed by atoms with Crippen LogP contribution in [0.4, 0.5) is 11.5 Å². The minimum Gasteiger partial charge on any atom is -0.403 e. The highest BCUT2D eigenvalue weighted by molar-refractivity contribution is 5.91. The summed E-state index contributed by atoms with van der Waals surface area (Å²) in [6.45, 7) is 0.668. The molecule has 1 aliphatic carbocycles. The molecule has 7 nitrogen and oxygen atoms in total. The number of nitrogens with one attached hydrogen (secondary N) is 3. The largest absolute Gasteiger partial charge is 0.403 e. The SMILES string of the molecule is N/C=C\NCc1cccc(Nc2nn(C3CCCCC3)c3cc[nH]c(=O)c23)c1. The second-order valence-corrected chi connectivity index (χ2v) is 7.22. The van der Waals surface area contributed by atoms with Crippen LogP contribution in [-0.4, -0.2) is 14.8 Å². The van der Waals surface area contributed by atoms with E-state index in [1.54, 1.807) is 12.4 Å². The summed E-state index contributed by atoms with van der Waals surface area (Å²) in [6.07, 6.45) is 10.8. The van der Waals surface area contributed by atoms with Crippen molar-refractivity contribution in [2.75, 3.05) is 5.32 Å². The van der Waals surface area contributed by atoms with Crippen LogP contribution in [0.1, 0.15) is 43.7 Å². The second kappa shape index (κ2) is 8.21. The molecule has 0 bridgehead atoms. The Bertz CT molecular complexity index is 1030. The molecule has 0 saturated heterocycles. The molecule has 2 heterocycles. The predicted octanol–water partition coefficient (Wildman–Crippen LogP) is 3.49. The first kappa shape index (κ1) is 18.2. The van der Waals surface area contributed by atoms with Gasteiger partial charge in [0.25, 0.3) is 5.56 Å². The van der Waals surface area contributed by atoms with E-state index >= 15 is 0 Å². The van der Waals surface area contributed by atoms with E-state index in [0.717, 1.165) is 29.6 Å². The third-order valence-electron chi connectivity index (χ3n) is 5.26. The molecule has 0 atom stereocenters. The molecule has 1 saturated carbocycles. The average molecular weight is 378 g/mol. The molecule has 5 N–H and O–H groups in total. The van der Waals surface area contributed by atoms with E-state index in [-0.39, 0.29) is 5.56 Å². The predicted molar refractivity (Wildman–Crippen MR) is 112 cm³/mol. The number of pyridine rings is 1. The molecule has 2 aromatic heterocycles. The van der Waals surface area contributed by atoms with Crippen molar-refractivity contribution in [3.63, 3.8) is 0 Å². The van der Waals surface area contributed by atoms with Gasteiger partial charge >= 0.3 is 0 Å². The van der Waals surface area contributed by atoms with Crippen molar-refractivity contribution >= 4 is 22.4 Å². The Morgan fingerprint density at radius 3 is 2.93 bits per heavy atom. The molecule has 28 heavy (non-hydrogen) atoms. The summed E-state index contributed by atoms with van der Waals surface area (Å²) in [7, 11) is 0. The van der Waals surface area contributed by atoms with Crippen molar-refractivity contribution in [2.45, 2.75) is 44.7 Å². The first-order valence-corrected chi connectivity index (χ1v) is 9.82. The summed E-state index contributed by atoms with van der Waals surface area (Å²) < 4.78 is 2.05. The number of aromatic nitrogens is 3. The Balaban J connectivity index is 1.67. The van der Waals surface area contributed by atoms with E-state index in [0.29, 0.717) is 23.8 Å². The van der Waals surface area contributed by atoms with E-state index in [9.17, 15) is 4.79 Å². The summed E-state index contributed by atoms with van der Waals surface area (Å²) in [4.78, 5) is 15.3. The Morgan fingerprint density at radius 1 is 1.25 bits per heavy atom. The molecule has 0 spiro atoms. The lowest BCUT2D eigenvalue weighted by Gasteiger charge is -2.22. The van der Waals surface area contributed by atoms with Crippen molar-refractivity contribution in [3.05, 3.63) is 64.8 Å². The van der Waals surface area contributed by atoms with E-state index in [4.69, 9.17) is 10.8 Å². The second-order valence-electron chi connectivity index (χ2n) is 7.22. The molecule has 1 fully saturated rings. The standard InChI is InChI=1S/C21H26N6O/c22-10-12-23-14-15-5-4-6-16(13-15)25-20-19-18(9-11-24-21(19)28)27(26-20)17-7-2-1-3-8-17/h4-6,9-13,17,23H,1-3,7-8,14,22H2,(H,24,28)(H,25,26)/b12-10-. The molecule has 1 aliphatic rings. The topological polar surface area (TPSA) is 101 Å². The van der Waals surface area contributed by atoms with Gasteiger partial charge in [0.1, 0.15) is 5.39 Å². The summed E-state index contributed by atoms with van der Waals surface area (Å²) >= 11 is 0. The average Bonchev–Trinajstić information content (AvgIpc) is 3.09. The minimum atomic E-state index is -0.118. The van der Waals surface area contributed by atoms with Gasteiger partial charge in [-0.3, -0.25) is 9.48 Å². The van der Waals surface area contributed by atoms with Crippen LogP contribution < -0.4 is 21.9 Å². The number of fused-ring (bicyclic) bond motifs is 1. The van der Waals surface area contributed by atoms with Gasteiger partial charge in [-0.25, -0.2) is 0 Å². The molecule has 4 rings (SSSR count). The van der Waals surface area contributed by atoms with Crippen LogP contribution in [0.5, 0.6) is 0 Å². The molecular formula is C21H26N6O. The van der Waals surface area contributed by atoms with Gasteiger partial charge in [-0.1, -0.05) is 31.4 Å². The zero-order chi connectivity index (χ0) is 19.3. The Hall–Kier alpha value is -3.22. The van der Waals surface area contributed by atoms with Crippen LogP contribution in [0.25, 0.3) is 10.9 Å². The van der Waals surface area contributed by atoms with Gasteiger partial charge in [-0.2, -0.15) is 5.10 Å². The fraction of sp³-hybridized carbons (Fsp3) is 0.333. The highest BCUT2D eigenvalue weighted by Crippen LogP contribution is 2.32. The highest BCUT2D eigenvalue weighted by Gasteiger charge is 2.22. The van der Waals surface area contributed by atoms with Crippen LogP contribution in [0.15, 0.2) is 53.7 Å². The normalized spacial score (nSPS) is 15.3. The lowest BCUT2D eigenvalue weighted by molar-refractivity contribution is 0.338. The van der Waals surface area contributed by atoms with Crippen LogP contribution in [0.3, 0.4) is 0 Å². The maximum absolute atomic E-state index is 12.5. The van der Waals surface area contributed by atoms with Gasteiger partial charge in [0.15, 0.2) is 5.82 Å². The molecule has 1 aromatic carbocycles. The number of benzene rings is 1. The molecule has 3 aromatic rings. The summed E-state index contributed by atoms with van der Waals surface area (Å²) in [5, 5.41) is 11.9. The Labute approximate surface area is 163 Å².